The highest BCUT2D eigenvalue weighted by Crippen LogP contribution is 2.28. The van der Waals surface area contributed by atoms with Gasteiger partial charge in [0.1, 0.15) is 5.82 Å². The average Bonchev–Trinajstić information content (AvgIpc) is 2.65. The van der Waals surface area contributed by atoms with Gasteiger partial charge in [0, 0.05) is 32.7 Å². The predicted octanol–water partition coefficient (Wildman–Crippen LogP) is 1.80. The molecule has 138 valence electrons. The summed E-state index contributed by atoms with van der Waals surface area (Å²) in [5, 5.41) is 0. The zero-order valence-electron chi connectivity index (χ0n) is 15.1. The molecule has 1 saturated heterocycles. The number of piperazine rings is 1. The lowest BCUT2D eigenvalue weighted by Crippen LogP contribution is -2.55. The fourth-order valence-electron chi connectivity index (χ4n) is 3.34. The second-order valence-corrected chi connectivity index (χ2v) is 6.63. The number of hydrogen-bond acceptors (Lipinski definition) is 3. The number of benzene rings is 1. The molecule has 0 aliphatic carbocycles. The van der Waals surface area contributed by atoms with Crippen molar-refractivity contribution in [1.29, 1.82) is 0 Å². The monoisotopic (exact) mass is 349 g/mol. The van der Waals surface area contributed by atoms with Crippen molar-refractivity contribution in [2.24, 2.45) is 11.1 Å². The SMILES string of the molecule is CCC(CC)(CN)C(=O)N1CCN(C(=O)Cc2ccccc2F)CC1. The molecule has 0 unspecified atom stereocenters. The second kappa shape index (κ2) is 8.43. The molecule has 6 heteroatoms. The molecule has 1 fully saturated rings. The van der Waals surface area contributed by atoms with E-state index in [9.17, 15) is 14.0 Å². The molecule has 2 amide bonds. The summed E-state index contributed by atoms with van der Waals surface area (Å²) in [6.45, 7) is 6.28. The van der Waals surface area contributed by atoms with Gasteiger partial charge in [-0.25, -0.2) is 4.39 Å². The molecule has 0 saturated carbocycles. The number of carbonyl (C=O) groups excluding carboxylic acids is 2. The van der Waals surface area contributed by atoms with Gasteiger partial charge in [-0.3, -0.25) is 9.59 Å². The minimum atomic E-state index is -0.501. The first-order valence-electron chi connectivity index (χ1n) is 8.98. The van der Waals surface area contributed by atoms with Crippen molar-refractivity contribution in [1.82, 2.24) is 9.80 Å². The molecule has 5 nitrogen and oxygen atoms in total. The molecule has 0 radical (unpaired) electrons. The Hall–Kier alpha value is -1.95. The Labute approximate surface area is 149 Å². The molecule has 2 rings (SSSR count). The summed E-state index contributed by atoms with van der Waals surface area (Å²) in [5.41, 5.74) is 5.77. The first-order valence-corrected chi connectivity index (χ1v) is 8.98. The van der Waals surface area contributed by atoms with Crippen LogP contribution in [0.15, 0.2) is 24.3 Å². The maximum atomic E-state index is 13.7. The third-order valence-electron chi connectivity index (χ3n) is 5.42. The Kier molecular flexibility index (Phi) is 6.53. The van der Waals surface area contributed by atoms with E-state index in [1.54, 1.807) is 23.1 Å². The Morgan fingerprint density at radius 1 is 1.08 bits per heavy atom. The van der Waals surface area contributed by atoms with E-state index in [4.69, 9.17) is 5.73 Å². The third-order valence-corrected chi connectivity index (χ3v) is 5.42. The van der Waals surface area contributed by atoms with Crippen molar-refractivity contribution in [2.45, 2.75) is 33.1 Å². The number of rotatable bonds is 6. The van der Waals surface area contributed by atoms with Crippen LogP contribution in [-0.4, -0.2) is 54.3 Å². The van der Waals surface area contributed by atoms with Crippen molar-refractivity contribution in [2.75, 3.05) is 32.7 Å². The van der Waals surface area contributed by atoms with E-state index >= 15 is 0 Å². The normalized spacial score (nSPS) is 15.4. The molecule has 0 atom stereocenters. The van der Waals surface area contributed by atoms with E-state index in [1.165, 1.54) is 6.07 Å². The highest BCUT2D eigenvalue weighted by Gasteiger charge is 2.38. The Morgan fingerprint density at radius 3 is 2.16 bits per heavy atom. The van der Waals surface area contributed by atoms with Crippen LogP contribution in [0.3, 0.4) is 0 Å². The summed E-state index contributed by atoms with van der Waals surface area (Å²) in [6.07, 6.45) is 1.48. The lowest BCUT2D eigenvalue weighted by Gasteiger charge is -2.40. The lowest BCUT2D eigenvalue weighted by atomic mass is 9.81. The smallest absolute Gasteiger partial charge is 0.230 e. The number of hydrogen-bond donors (Lipinski definition) is 1. The zero-order chi connectivity index (χ0) is 18.4. The van der Waals surface area contributed by atoms with Gasteiger partial charge >= 0.3 is 0 Å². The van der Waals surface area contributed by atoms with Crippen LogP contribution in [0.5, 0.6) is 0 Å². The van der Waals surface area contributed by atoms with Crippen LogP contribution in [0.4, 0.5) is 4.39 Å². The van der Waals surface area contributed by atoms with E-state index < -0.39 is 5.41 Å². The number of carbonyl (C=O) groups is 2. The van der Waals surface area contributed by atoms with Crippen LogP contribution in [0.25, 0.3) is 0 Å². The van der Waals surface area contributed by atoms with Gasteiger partial charge in [0.15, 0.2) is 0 Å². The Balaban J connectivity index is 1.94. The maximum Gasteiger partial charge on any atom is 0.230 e. The van der Waals surface area contributed by atoms with Gasteiger partial charge in [-0.2, -0.15) is 0 Å². The van der Waals surface area contributed by atoms with E-state index in [2.05, 4.69) is 0 Å². The first-order chi connectivity index (χ1) is 12.0. The van der Waals surface area contributed by atoms with E-state index in [-0.39, 0.29) is 24.1 Å². The van der Waals surface area contributed by atoms with Crippen LogP contribution in [0.1, 0.15) is 32.3 Å². The number of halogens is 1. The highest BCUT2D eigenvalue weighted by molar-refractivity contribution is 5.84. The van der Waals surface area contributed by atoms with E-state index in [0.717, 1.165) is 0 Å². The summed E-state index contributed by atoms with van der Waals surface area (Å²) in [6, 6.07) is 6.33. The van der Waals surface area contributed by atoms with Gasteiger partial charge in [0.05, 0.1) is 11.8 Å². The molecule has 0 spiro atoms. The molecule has 0 bridgehead atoms. The average molecular weight is 349 g/mol. The summed E-state index contributed by atoms with van der Waals surface area (Å²) >= 11 is 0. The van der Waals surface area contributed by atoms with E-state index in [0.29, 0.717) is 51.1 Å². The lowest BCUT2D eigenvalue weighted by molar-refractivity contribution is -0.147. The van der Waals surface area contributed by atoms with Crippen LogP contribution in [0.2, 0.25) is 0 Å². The molecular formula is C19H28FN3O2. The zero-order valence-corrected chi connectivity index (χ0v) is 15.1. The van der Waals surface area contributed by atoms with Crippen LogP contribution < -0.4 is 5.73 Å². The topological polar surface area (TPSA) is 66.6 Å². The molecule has 1 aliphatic heterocycles. The maximum absolute atomic E-state index is 13.7. The van der Waals surface area contributed by atoms with Crippen molar-refractivity contribution in [3.8, 4) is 0 Å². The standard InChI is InChI=1S/C19H28FN3O2/c1-3-19(4-2,14-21)18(25)23-11-9-22(10-12-23)17(24)13-15-7-5-6-8-16(15)20/h5-8H,3-4,9-14,21H2,1-2H3. The molecule has 1 aromatic rings. The Bertz CT molecular complexity index is 600. The summed E-state index contributed by atoms with van der Waals surface area (Å²) in [5.74, 6) is -0.377. The Morgan fingerprint density at radius 2 is 1.64 bits per heavy atom. The van der Waals surface area contributed by atoms with Gasteiger partial charge in [-0.05, 0) is 24.5 Å². The van der Waals surface area contributed by atoms with Crippen LogP contribution >= 0.6 is 0 Å². The largest absolute Gasteiger partial charge is 0.339 e. The van der Waals surface area contributed by atoms with Crippen molar-refractivity contribution >= 4 is 11.8 Å². The van der Waals surface area contributed by atoms with Crippen molar-refractivity contribution in [3.63, 3.8) is 0 Å². The van der Waals surface area contributed by atoms with Crippen molar-refractivity contribution < 1.29 is 14.0 Å². The number of nitrogens with two attached hydrogens (primary N) is 1. The van der Waals surface area contributed by atoms with Crippen molar-refractivity contribution in [3.05, 3.63) is 35.6 Å². The fourth-order valence-corrected chi connectivity index (χ4v) is 3.34. The second-order valence-electron chi connectivity index (χ2n) is 6.63. The molecule has 1 aromatic carbocycles. The minimum absolute atomic E-state index is 0.0529. The molecular weight excluding hydrogens is 321 g/mol. The third kappa shape index (κ3) is 4.18. The minimum Gasteiger partial charge on any atom is -0.339 e. The van der Waals surface area contributed by atoms with Gasteiger partial charge < -0.3 is 15.5 Å². The summed E-state index contributed by atoms with van der Waals surface area (Å²) in [4.78, 5) is 28.7. The van der Waals surface area contributed by atoms with Gasteiger partial charge in [-0.1, -0.05) is 32.0 Å². The molecule has 1 aliphatic rings. The van der Waals surface area contributed by atoms with Crippen LogP contribution in [0, 0.1) is 11.2 Å². The predicted molar refractivity (Wildman–Crippen MR) is 95.3 cm³/mol. The molecule has 0 aromatic heterocycles. The first kappa shape index (κ1) is 19.4. The van der Waals surface area contributed by atoms with Crippen LogP contribution in [-0.2, 0) is 16.0 Å². The molecule has 1 heterocycles. The summed E-state index contributed by atoms with van der Waals surface area (Å²) < 4.78 is 13.7. The van der Waals surface area contributed by atoms with E-state index in [1.807, 2.05) is 18.7 Å². The summed E-state index contributed by atoms with van der Waals surface area (Å²) in [7, 11) is 0. The quantitative estimate of drug-likeness (QED) is 0.852. The molecule has 2 N–H and O–H groups in total. The molecule has 25 heavy (non-hydrogen) atoms. The van der Waals surface area contributed by atoms with Gasteiger partial charge in [0.25, 0.3) is 0 Å². The fraction of sp³-hybridized carbons (Fsp3) is 0.579. The van der Waals surface area contributed by atoms with Gasteiger partial charge in [0.2, 0.25) is 11.8 Å². The number of amides is 2. The van der Waals surface area contributed by atoms with Gasteiger partial charge in [-0.15, -0.1) is 0 Å². The highest BCUT2D eigenvalue weighted by atomic mass is 19.1. The number of nitrogens with zero attached hydrogens (tertiary/aromatic N) is 2.